The van der Waals surface area contributed by atoms with Gasteiger partial charge in [-0.1, -0.05) is 12.1 Å². The van der Waals surface area contributed by atoms with Crippen molar-refractivity contribution in [3.05, 3.63) is 51.2 Å². The minimum Gasteiger partial charge on any atom is -0.469 e. The predicted molar refractivity (Wildman–Crippen MR) is 84.8 cm³/mol. The van der Waals surface area contributed by atoms with Gasteiger partial charge in [-0.2, -0.15) is 0 Å². The molecule has 23 heavy (non-hydrogen) atoms. The highest BCUT2D eigenvalue weighted by atomic mass is 32.1. The molecule has 1 heterocycles. The van der Waals surface area contributed by atoms with Crippen molar-refractivity contribution in [1.82, 2.24) is 10.3 Å². The molecule has 5 nitrogen and oxygen atoms in total. The standard InChI is InChI=1S/C16H17FN2O3S/c1-9-15(23-10(2)18-9)16(21)19-13(8-14(20)22-3)11-4-6-12(17)7-5-11/h4-7,13H,8H2,1-3H3,(H,19,21). The molecule has 0 aliphatic heterocycles. The number of thiazole rings is 1. The third kappa shape index (κ3) is 4.35. The second-order valence-corrected chi connectivity index (χ2v) is 6.21. The first kappa shape index (κ1) is 17.1. The summed E-state index contributed by atoms with van der Waals surface area (Å²) in [6.07, 6.45) is -0.0370. The summed E-state index contributed by atoms with van der Waals surface area (Å²) in [5.74, 6) is -1.16. The molecule has 0 bridgehead atoms. The van der Waals surface area contributed by atoms with Crippen LogP contribution < -0.4 is 5.32 Å². The lowest BCUT2D eigenvalue weighted by atomic mass is 10.0. The van der Waals surface area contributed by atoms with Gasteiger partial charge in [-0.3, -0.25) is 9.59 Å². The van der Waals surface area contributed by atoms with Crippen LogP contribution in [0, 0.1) is 19.7 Å². The highest BCUT2D eigenvalue weighted by molar-refractivity contribution is 7.13. The third-order valence-corrected chi connectivity index (χ3v) is 4.36. The third-order valence-electron chi connectivity index (χ3n) is 3.29. The highest BCUT2D eigenvalue weighted by Gasteiger charge is 2.22. The molecule has 1 aromatic heterocycles. The number of hydrogen-bond donors (Lipinski definition) is 1. The lowest BCUT2D eigenvalue weighted by Crippen LogP contribution is -2.30. The first-order valence-corrected chi connectivity index (χ1v) is 7.79. The predicted octanol–water partition coefficient (Wildman–Crippen LogP) is 2.93. The number of carbonyl (C=O) groups is 2. The molecule has 1 aromatic carbocycles. The molecule has 0 fully saturated rings. The molecule has 0 saturated carbocycles. The molecule has 2 aromatic rings. The largest absolute Gasteiger partial charge is 0.469 e. The van der Waals surface area contributed by atoms with Crippen LogP contribution in [0.25, 0.3) is 0 Å². The molecule has 7 heteroatoms. The fourth-order valence-corrected chi connectivity index (χ4v) is 2.99. The van der Waals surface area contributed by atoms with Gasteiger partial charge >= 0.3 is 5.97 Å². The zero-order valence-corrected chi connectivity index (χ0v) is 13.9. The summed E-state index contributed by atoms with van der Waals surface area (Å²) in [6, 6.07) is 5.04. The average Bonchev–Trinajstić information content (AvgIpc) is 2.86. The molecule has 0 saturated heterocycles. The Kier molecular flexibility index (Phi) is 5.44. The molecule has 1 unspecified atom stereocenters. The topological polar surface area (TPSA) is 68.3 Å². The maximum absolute atomic E-state index is 13.1. The van der Waals surface area contributed by atoms with Crippen molar-refractivity contribution >= 4 is 23.2 Å². The van der Waals surface area contributed by atoms with Crippen molar-refractivity contribution < 1.29 is 18.7 Å². The number of methoxy groups -OCH3 is 1. The summed E-state index contributed by atoms with van der Waals surface area (Å²) in [6.45, 7) is 3.58. The summed E-state index contributed by atoms with van der Waals surface area (Å²) in [5, 5.41) is 3.59. The minimum absolute atomic E-state index is 0.0370. The number of carbonyl (C=O) groups excluding carboxylic acids is 2. The van der Waals surface area contributed by atoms with Gasteiger partial charge in [0.15, 0.2) is 0 Å². The molecule has 0 aliphatic rings. The van der Waals surface area contributed by atoms with E-state index in [9.17, 15) is 14.0 Å². The summed E-state index contributed by atoms with van der Waals surface area (Å²) in [5.41, 5.74) is 1.27. The van der Waals surface area contributed by atoms with E-state index in [1.54, 1.807) is 6.92 Å². The van der Waals surface area contributed by atoms with Gasteiger partial charge in [-0.15, -0.1) is 11.3 Å². The number of ether oxygens (including phenoxy) is 1. The average molecular weight is 336 g/mol. The van der Waals surface area contributed by atoms with E-state index in [2.05, 4.69) is 15.0 Å². The molecule has 122 valence electrons. The van der Waals surface area contributed by atoms with E-state index in [-0.39, 0.29) is 18.1 Å². The van der Waals surface area contributed by atoms with Crippen LogP contribution in [-0.4, -0.2) is 24.0 Å². The number of aryl methyl sites for hydroxylation is 2. The molecule has 2 rings (SSSR count). The number of rotatable bonds is 5. The van der Waals surface area contributed by atoms with Crippen molar-refractivity contribution in [1.29, 1.82) is 0 Å². The summed E-state index contributed by atoms with van der Waals surface area (Å²) in [4.78, 5) is 28.7. The van der Waals surface area contributed by atoms with E-state index in [4.69, 9.17) is 0 Å². The first-order valence-electron chi connectivity index (χ1n) is 6.98. The minimum atomic E-state index is -0.600. The molecule has 1 N–H and O–H groups in total. The zero-order valence-electron chi connectivity index (χ0n) is 13.1. The molecule has 1 atom stereocenters. The van der Waals surface area contributed by atoms with E-state index in [0.29, 0.717) is 16.1 Å². The van der Waals surface area contributed by atoms with Crippen molar-refractivity contribution in [2.45, 2.75) is 26.3 Å². The van der Waals surface area contributed by atoms with Crippen LogP contribution in [0.2, 0.25) is 0 Å². The Hall–Kier alpha value is -2.28. The Bertz CT molecular complexity index is 713. The van der Waals surface area contributed by atoms with E-state index < -0.39 is 12.0 Å². The number of amides is 1. The van der Waals surface area contributed by atoms with Gasteiger partial charge in [0.1, 0.15) is 10.7 Å². The Morgan fingerprint density at radius 1 is 1.30 bits per heavy atom. The number of esters is 1. The molecular weight excluding hydrogens is 319 g/mol. The molecule has 0 radical (unpaired) electrons. The van der Waals surface area contributed by atoms with E-state index in [1.165, 1.54) is 42.7 Å². The fraction of sp³-hybridized carbons (Fsp3) is 0.312. The lowest BCUT2D eigenvalue weighted by Gasteiger charge is -2.18. The Balaban J connectivity index is 2.23. The van der Waals surface area contributed by atoms with Crippen LogP contribution in [0.1, 0.15) is 38.4 Å². The summed E-state index contributed by atoms with van der Waals surface area (Å²) >= 11 is 1.29. The second kappa shape index (κ2) is 7.32. The van der Waals surface area contributed by atoms with Crippen LogP contribution in [0.5, 0.6) is 0 Å². The second-order valence-electron chi connectivity index (χ2n) is 5.01. The van der Waals surface area contributed by atoms with Crippen LogP contribution in [-0.2, 0) is 9.53 Å². The van der Waals surface area contributed by atoms with E-state index in [1.807, 2.05) is 6.92 Å². The molecule has 0 spiro atoms. The van der Waals surface area contributed by atoms with Gasteiger partial charge in [0, 0.05) is 0 Å². The SMILES string of the molecule is COC(=O)CC(NC(=O)c1sc(C)nc1C)c1ccc(F)cc1. The zero-order chi connectivity index (χ0) is 17.0. The number of aromatic nitrogens is 1. The smallest absolute Gasteiger partial charge is 0.307 e. The Morgan fingerprint density at radius 3 is 2.48 bits per heavy atom. The van der Waals surface area contributed by atoms with Crippen LogP contribution in [0.3, 0.4) is 0 Å². The van der Waals surface area contributed by atoms with E-state index >= 15 is 0 Å². The number of hydrogen-bond acceptors (Lipinski definition) is 5. The lowest BCUT2D eigenvalue weighted by molar-refractivity contribution is -0.141. The fourth-order valence-electron chi connectivity index (χ4n) is 2.16. The van der Waals surface area contributed by atoms with Crippen molar-refractivity contribution in [3.8, 4) is 0 Å². The Labute approximate surface area is 137 Å². The molecular formula is C16H17FN2O3S. The van der Waals surface area contributed by atoms with Crippen LogP contribution >= 0.6 is 11.3 Å². The number of benzene rings is 1. The van der Waals surface area contributed by atoms with Gasteiger partial charge < -0.3 is 10.1 Å². The first-order chi connectivity index (χ1) is 10.9. The highest BCUT2D eigenvalue weighted by Crippen LogP contribution is 2.22. The molecule has 1 amide bonds. The van der Waals surface area contributed by atoms with Crippen LogP contribution in [0.15, 0.2) is 24.3 Å². The number of nitrogens with one attached hydrogen (secondary N) is 1. The van der Waals surface area contributed by atoms with Gasteiger partial charge in [0.25, 0.3) is 5.91 Å². The van der Waals surface area contributed by atoms with Gasteiger partial charge in [-0.05, 0) is 31.5 Å². The van der Waals surface area contributed by atoms with Crippen molar-refractivity contribution in [3.63, 3.8) is 0 Å². The normalized spacial score (nSPS) is 11.8. The summed E-state index contributed by atoms with van der Waals surface area (Å²) in [7, 11) is 1.28. The monoisotopic (exact) mass is 336 g/mol. The van der Waals surface area contributed by atoms with Gasteiger partial charge in [-0.25, -0.2) is 9.37 Å². The number of halogens is 1. The summed E-state index contributed by atoms with van der Waals surface area (Å²) < 4.78 is 17.7. The van der Waals surface area contributed by atoms with Gasteiger partial charge in [0.05, 0.1) is 30.3 Å². The number of nitrogens with zero attached hydrogens (tertiary/aromatic N) is 1. The van der Waals surface area contributed by atoms with E-state index in [0.717, 1.165) is 5.01 Å². The Morgan fingerprint density at radius 2 is 1.96 bits per heavy atom. The van der Waals surface area contributed by atoms with Crippen LogP contribution in [0.4, 0.5) is 4.39 Å². The molecule has 0 aliphatic carbocycles. The maximum atomic E-state index is 13.1. The quantitative estimate of drug-likeness (QED) is 0.853. The maximum Gasteiger partial charge on any atom is 0.307 e. The van der Waals surface area contributed by atoms with Gasteiger partial charge in [0.2, 0.25) is 0 Å². The van der Waals surface area contributed by atoms with Crippen molar-refractivity contribution in [2.24, 2.45) is 0 Å². The van der Waals surface area contributed by atoms with Crippen molar-refractivity contribution in [2.75, 3.05) is 7.11 Å².